The first kappa shape index (κ1) is 17.2. The highest BCUT2D eigenvalue weighted by Gasteiger charge is 2.17. The zero-order valence-electron chi connectivity index (χ0n) is 14.2. The lowest BCUT2D eigenvalue weighted by Crippen LogP contribution is -2.33. The molecular weight excluding hydrogens is 328 g/mol. The van der Waals surface area contributed by atoms with E-state index in [0.29, 0.717) is 0 Å². The number of amides is 1. The van der Waals surface area contributed by atoms with Gasteiger partial charge in [0, 0.05) is 10.6 Å². The number of hydrogen-bond acceptors (Lipinski definition) is 3. The van der Waals surface area contributed by atoms with E-state index in [0.717, 1.165) is 22.5 Å². The molecule has 3 aromatic rings. The zero-order valence-corrected chi connectivity index (χ0v) is 15.1. The third-order valence-corrected chi connectivity index (χ3v) is 5.04. The lowest BCUT2D eigenvalue weighted by atomic mass is 10.1. The Morgan fingerprint density at radius 1 is 1.00 bits per heavy atom. The normalized spacial score (nSPS) is 11.7. The number of carbonyl (C=O) groups excluding carboxylic acids is 1. The van der Waals surface area contributed by atoms with Gasteiger partial charge in [0.1, 0.15) is 0 Å². The first-order valence-electron chi connectivity index (χ1n) is 8.47. The molecule has 1 atom stereocenters. The van der Waals surface area contributed by atoms with Gasteiger partial charge in [-0.05, 0) is 35.1 Å². The van der Waals surface area contributed by atoms with E-state index in [9.17, 15) is 4.79 Å². The molecule has 0 spiro atoms. The Morgan fingerprint density at radius 2 is 1.76 bits per heavy atom. The van der Waals surface area contributed by atoms with E-state index in [1.54, 1.807) is 11.3 Å². The van der Waals surface area contributed by atoms with Gasteiger partial charge in [-0.1, -0.05) is 61.5 Å². The first-order valence-corrected chi connectivity index (χ1v) is 9.35. The van der Waals surface area contributed by atoms with E-state index in [1.807, 2.05) is 60.0 Å². The van der Waals surface area contributed by atoms with Gasteiger partial charge in [-0.25, -0.2) is 0 Å². The van der Waals surface area contributed by atoms with Gasteiger partial charge in [-0.2, -0.15) is 0 Å². The van der Waals surface area contributed by atoms with Gasteiger partial charge in [-0.15, -0.1) is 11.3 Å². The first-order chi connectivity index (χ1) is 12.3. The molecule has 0 radical (unpaired) electrons. The van der Waals surface area contributed by atoms with Crippen molar-refractivity contribution in [2.45, 2.75) is 19.4 Å². The van der Waals surface area contributed by atoms with E-state index in [1.165, 1.54) is 5.56 Å². The van der Waals surface area contributed by atoms with Crippen molar-refractivity contribution in [1.82, 2.24) is 5.32 Å². The lowest BCUT2D eigenvalue weighted by molar-refractivity contribution is -0.119. The van der Waals surface area contributed by atoms with Crippen molar-refractivity contribution in [2.24, 2.45) is 0 Å². The number of hydrogen-bond donors (Lipinski definition) is 2. The Balaban J connectivity index is 1.69. The van der Waals surface area contributed by atoms with Crippen molar-refractivity contribution in [2.75, 3.05) is 11.9 Å². The smallest absolute Gasteiger partial charge is 0.240 e. The maximum atomic E-state index is 12.5. The highest BCUT2D eigenvalue weighted by atomic mass is 32.1. The van der Waals surface area contributed by atoms with Crippen molar-refractivity contribution in [3.63, 3.8) is 0 Å². The maximum absolute atomic E-state index is 12.5. The monoisotopic (exact) mass is 350 g/mol. The Labute approximate surface area is 152 Å². The average molecular weight is 350 g/mol. The molecule has 0 saturated heterocycles. The van der Waals surface area contributed by atoms with E-state index in [-0.39, 0.29) is 18.5 Å². The summed E-state index contributed by atoms with van der Waals surface area (Å²) >= 11 is 1.65. The number of thiophene rings is 1. The molecule has 128 valence electrons. The van der Waals surface area contributed by atoms with Crippen molar-refractivity contribution in [3.05, 3.63) is 88.1 Å². The van der Waals surface area contributed by atoms with E-state index in [4.69, 9.17) is 0 Å². The van der Waals surface area contributed by atoms with Crippen LogP contribution in [0.15, 0.2) is 72.1 Å². The molecule has 1 amide bonds. The van der Waals surface area contributed by atoms with Crippen molar-refractivity contribution in [1.29, 1.82) is 0 Å². The van der Waals surface area contributed by atoms with E-state index in [2.05, 4.69) is 29.7 Å². The minimum atomic E-state index is -0.114. The number of para-hydroxylation sites is 1. The number of anilines is 1. The Bertz CT molecular complexity index is 800. The second kappa shape index (κ2) is 8.49. The molecule has 0 aliphatic rings. The van der Waals surface area contributed by atoms with Gasteiger partial charge in [0.15, 0.2) is 0 Å². The fourth-order valence-corrected chi connectivity index (χ4v) is 3.61. The second-order valence-electron chi connectivity index (χ2n) is 5.79. The summed E-state index contributed by atoms with van der Waals surface area (Å²) in [6.45, 7) is 2.37. The molecule has 0 saturated carbocycles. The Morgan fingerprint density at radius 3 is 2.48 bits per heavy atom. The summed E-state index contributed by atoms with van der Waals surface area (Å²) in [6.07, 6.45) is 0.937. The summed E-state index contributed by atoms with van der Waals surface area (Å²) in [6, 6.07) is 22.1. The molecule has 3 nitrogen and oxygen atoms in total. The minimum absolute atomic E-state index is 0.0202. The third-order valence-electron chi connectivity index (χ3n) is 4.10. The highest BCUT2D eigenvalue weighted by molar-refractivity contribution is 7.10. The summed E-state index contributed by atoms with van der Waals surface area (Å²) in [5.41, 5.74) is 3.33. The predicted molar refractivity (Wildman–Crippen MR) is 105 cm³/mol. The summed E-state index contributed by atoms with van der Waals surface area (Å²) in [5.74, 6) is -0.0202. The largest absolute Gasteiger partial charge is 0.376 e. The fourth-order valence-electron chi connectivity index (χ4n) is 2.81. The Hall–Kier alpha value is -2.59. The minimum Gasteiger partial charge on any atom is -0.376 e. The van der Waals surface area contributed by atoms with Crippen LogP contribution < -0.4 is 10.6 Å². The van der Waals surface area contributed by atoms with Crippen LogP contribution in [0.2, 0.25) is 0 Å². The number of nitrogens with one attached hydrogen (secondary N) is 2. The molecule has 4 heteroatoms. The highest BCUT2D eigenvalue weighted by Crippen LogP contribution is 2.25. The quantitative estimate of drug-likeness (QED) is 0.652. The van der Waals surface area contributed by atoms with Crippen molar-refractivity contribution < 1.29 is 4.79 Å². The Kier molecular flexibility index (Phi) is 5.86. The average Bonchev–Trinajstić information content (AvgIpc) is 3.20. The van der Waals surface area contributed by atoms with Crippen LogP contribution in [-0.4, -0.2) is 12.5 Å². The predicted octanol–water partition coefficient (Wildman–Crippen LogP) is 4.63. The molecule has 25 heavy (non-hydrogen) atoms. The van der Waals surface area contributed by atoms with Crippen molar-refractivity contribution >= 4 is 22.9 Å². The molecular formula is C21H22N2OS. The molecule has 0 unspecified atom stereocenters. The van der Waals surface area contributed by atoms with Crippen LogP contribution in [0.3, 0.4) is 0 Å². The summed E-state index contributed by atoms with van der Waals surface area (Å²) in [7, 11) is 0. The molecule has 1 heterocycles. The lowest BCUT2D eigenvalue weighted by Gasteiger charge is -2.19. The molecule has 0 aliphatic carbocycles. The maximum Gasteiger partial charge on any atom is 0.240 e. The number of carbonyl (C=O) groups is 1. The molecule has 0 fully saturated rings. The molecule has 0 bridgehead atoms. The summed E-state index contributed by atoms with van der Waals surface area (Å²) in [5, 5.41) is 8.44. The van der Waals surface area contributed by atoms with Crippen LogP contribution >= 0.6 is 11.3 Å². The molecule has 2 aromatic carbocycles. The summed E-state index contributed by atoms with van der Waals surface area (Å²) in [4.78, 5) is 13.7. The molecule has 2 N–H and O–H groups in total. The van der Waals surface area contributed by atoms with Gasteiger partial charge < -0.3 is 10.6 Å². The standard InChI is InChI=1S/C21H22N2OS/c1-2-16-9-6-7-12-18(16)22-15-20(24)23-21(19-13-8-14-25-19)17-10-4-3-5-11-17/h3-14,21-22H,2,15H2,1H3,(H,23,24)/t21-/m0/s1. The topological polar surface area (TPSA) is 41.1 Å². The van der Waals surface area contributed by atoms with E-state index >= 15 is 0 Å². The third kappa shape index (κ3) is 4.48. The van der Waals surface area contributed by atoms with Crippen LogP contribution in [0.5, 0.6) is 0 Å². The van der Waals surface area contributed by atoms with Gasteiger partial charge >= 0.3 is 0 Å². The number of benzene rings is 2. The fraction of sp³-hybridized carbons (Fsp3) is 0.190. The second-order valence-corrected chi connectivity index (χ2v) is 6.77. The number of rotatable bonds is 7. The van der Waals surface area contributed by atoms with Gasteiger partial charge in [0.25, 0.3) is 0 Å². The van der Waals surface area contributed by atoms with Gasteiger partial charge in [-0.3, -0.25) is 4.79 Å². The van der Waals surface area contributed by atoms with Crippen LogP contribution in [0.4, 0.5) is 5.69 Å². The van der Waals surface area contributed by atoms with Crippen LogP contribution in [-0.2, 0) is 11.2 Å². The van der Waals surface area contributed by atoms with Crippen LogP contribution in [0.25, 0.3) is 0 Å². The summed E-state index contributed by atoms with van der Waals surface area (Å²) < 4.78 is 0. The molecule has 3 rings (SSSR count). The van der Waals surface area contributed by atoms with Crippen LogP contribution in [0.1, 0.15) is 29.0 Å². The SMILES string of the molecule is CCc1ccccc1NCC(=O)N[C@@H](c1ccccc1)c1cccs1. The van der Waals surface area contributed by atoms with E-state index < -0.39 is 0 Å². The van der Waals surface area contributed by atoms with Crippen LogP contribution in [0, 0.1) is 0 Å². The van der Waals surface area contributed by atoms with Crippen molar-refractivity contribution in [3.8, 4) is 0 Å². The molecule has 0 aliphatic heterocycles. The van der Waals surface area contributed by atoms with Gasteiger partial charge in [0.2, 0.25) is 5.91 Å². The zero-order chi connectivity index (χ0) is 17.5. The molecule has 1 aromatic heterocycles. The van der Waals surface area contributed by atoms with Gasteiger partial charge in [0.05, 0.1) is 12.6 Å². The number of aryl methyl sites for hydroxylation is 1.